The summed E-state index contributed by atoms with van der Waals surface area (Å²) in [4.78, 5) is 29.1. The van der Waals surface area contributed by atoms with Crippen LogP contribution in [0, 0.1) is 11.7 Å². The number of fused-ring (bicyclic) bond motifs is 1. The Bertz CT molecular complexity index is 1150. The average Bonchev–Trinajstić information content (AvgIpc) is 2.88. The number of hydrogen-bond donors (Lipinski definition) is 2. The quantitative estimate of drug-likeness (QED) is 0.495. The van der Waals surface area contributed by atoms with Crippen LogP contribution in [0.4, 0.5) is 33.7 Å². The fourth-order valence-electron chi connectivity index (χ4n) is 4.36. The van der Waals surface area contributed by atoms with E-state index in [4.69, 9.17) is 9.47 Å². The van der Waals surface area contributed by atoms with Gasteiger partial charge in [-0.05, 0) is 43.2 Å². The van der Waals surface area contributed by atoms with Crippen molar-refractivity contribution in [3.63, 3.8) is 0 Å². The molecule has 3 amide bonds. The highest BCUT2D eigenvalue weighted by Gasteiger charge is 2.32. The molecule has 12 heteroatoms. The van der Waals surface area contributed by atoms with Crippen molar-refractivity contribution >= 4 is 23.3 Å². The van der Waals surface area contributed by atoms with Crippen molar-refractivity contribution in [2.45, 2.75) is 38.6 Å². The summed E-state index contributed by atoms with van der Waals surface area (Å²) in [5.74, 6) is -0.956. The molecule has 0 bridgehead atoms. The van der Waals surface area contributed by atoms with Gasteiger partial charge >= 0.3 is 12.2 Å². The normalized spacial score (nSPS) is 21.3. The van der Waals surface area contributed by atoms with Crippen LogP contribution in [-0.2, 0) is 4.74 Å². The number of urea groups is 1. The molecule has 0 radical (unpaired) electrons. The third-order valence-corrected chi connectivity index (χ3v) is 6.64. The molecule has 0 aromatic heterocycles. The Hall–Kier alpha value is -3.38. The summed E-state index contributed by atoms with van der Waals surface area (Å²) in [7, 11) is 3.09. The molecule has 8 nitrogen and oxygen atoms in total. The van der Waals surface area contributed by atoms with Gasteiger partial charge in [-0.1, -0.05) is 19.1 Å². The fourth-order valence-corrected chi connectivity index (χ4v) is 4.36. The second kappa shape index (κ2) is 13.1. The molecule has 0 saturated carbocycles. The van der Waals surface area contributed by atoms with E-state index in [2.05, 4.69) is 10.6 Å². The number of carbonyl (C=O) groups excluding carboxylic acids is 2. The van der Waals surface area contributed by atoms with Gasteiger partial charge < -0.3 is 25.0 Å². The van der Waals surface area contributed by atoms with E-state index in [-0.39, 0.29) is 54.2 Å². The maximum atomic E-state index is 13.9. The van der Waals surface area contributed by atoms with Crippen LogP contribution in [0.15, 0.2) is 42.5 Å². The Morgan fingerprint density at radius 2 is 1.85 bits per heavy atom. The summed E-state index contributed by atoms with van der Waals surface area (Å²) in [6.07, 6.45) is -5.69. The van der Waals surface area contributed by atoms with E-state index in [0.29, 0.717) is 6.54 Å². The van der Waals surface area contributed by atoms with Gasteiger partial charge in [-0.3, -0.25) is 9.69 Å². The molecule has 0 aliphatic carbocycles. The Labute approximate surface area is 225 Å². The fraction of sp³-hybridized carbons (Fsp3) is 0.481. The molecule has 2 aromatic rings. The first-order valence-corrected chi connectivity index (χ1v) is 12.6. The summed E-state index contributed by atoms with van der Waals surface area (Å²) in [5, 5.41) is 4.99. The van der Waals surface area contributed by atoms with Gasteiger partial charge in [0.25, 0.3) is 5.91 Å². The third-order valence-electron chi connectivity index (χ3n) is 6.64. The number of carbonyl (C=O) groups is 2. The van der Waals surface area contributed by atoms with Gasteiger partial charge in [-0.2, -0.15) is 13.2 Å². The van der Waals surface area contributed by atoms with Crippen LogP contribution in [0.1, 0.15) is 30.6 Å². The molecule has 2 N–H and O–H groups in total. The number of alkyl halides is 3. The minimum atomic E-state index is -4.30. The number of likely N-dealkylation sites (N-methyl/N-ethyl adjacent to an activating group) is 1. The summed E-state index contributed by atoms with van der Waals surface area (Å²) in [5.41, 5.74) is 0.402. The largest absolute Gasteiger partial charge is 0.491 e. The molecule has 3 rings (SSSR count). The highest BCUT2D eigenvalue weighted by atomic mass is 19.4. The van der Waals surface area contributed by atoms with E-state index >= 15 is 0 Å². The number of halogens is 4. The predicted octanol–water partition coefficient (Wildman–Crippen LogP) is 5.23. The Morgan fingerprint density at radius 3 is 2.51 bits per heavy atom. The lowest BCUT2D eigenvalue weighted by Gasteiger charge is -2.36. The van der Waals surface area contributed by atoms with Gasteiger partial charge in [0.15, 0.2) is 0 Å². The van der Waals surface area contributed by atoms with Crippen LogP contribution in [0.5, 0.6) is 5.75 Å². The lowest BCUT2D eigenvalue weighted by molar-refractivity contribution is -0.140. The minimum absolute atomic E-state index is 0.00997. The molecule has 0 unspecified atom stereocenters. The molecule has 1 aliphatic rings. The van der Waals surface area contributed by atoms with Crippen molar-refractivity contribution in [3.05, 3.63) is 53.8 Å². The average molecular weight is 555 g/mol. The molecule has 0 fully saturated rings. The number of methoxy groups -OCH3 is 1. The highest BCUT2D eigenvalue weighted by Crippen LogP contribution is 2.27. The third kappa shape index (κ3) is 8.56. The Balaban J connectivity index is 1.86. The Morgan fingerprint density at radius 1 is 1.13 bits per heavy atom. The van der Waals surface area contributed by atoms with Crippen LogP contribution < -0.4 is 15.4 Å². The molecule has 0 saturated heterocycles. The number of amides is 3. The molecular weight excluding hydrogens is 520 g/mol. The number of rotatable bonds is 5. The van der Waals surface area contributed by atoms with Crippen molar-refractivity contribution < 1.29 is 36.6 Å². The van der Waals surface area contributed by atoms with Crippen LogP contribution in [-0.4, -0.2) is 80.5 Å². The predicted molar refractivity (Wildman–Crippen MR) is 140 cm³/mol. The number of nitrogens with zero attached hydrogens (tertiary/aromatic N) is 2. The lowest BCUT2D eigenvalue weighted by Crippen LogP contribution is -2.47. The molecule has 39 heavy (non-hydrogen) atoms. The number of ether oxygens (including phenoxy) is 2. The van der Waals surface area contributed by atoms with E-state index in [9.17, 15) is 27.2 Å². The maximum Gasteiger partial charge on any atom is 0.390 e. The highest BCUT2D eigenvalue weighted by molar-refractivity contribution is 6.02. The molecule has 3 atom stereocenters. The van der Waals surface area contributed by atoms with Gasteiger partial charge in [0.1, 0.15) is 18.2 Å². The van der Waals surface area contributed by atoms with E-state index in [0.717, 1.165) is 0 Å². The summed E-state index contributed by atoms with van der Waals surface area (Å²) in [6.45, 7) is 3.99. The molecule has 1 heterocycles. The van der Waals surface area contributed by atoms with Gasteiger partial charge in [-0.25, -0.2) is 9.18 Å². The van der Waals surface area contributed by atoms with Crippen molar-refractivity contribution in [2.24, 2.45) is 5.92 Å². The summed E-state index contributed by atoms with van der Waals surface area (Å²) < 4.78 is 64.5. The topological polar surface area (TPSA) is 83.1 Å². The van der Waals surface area contributed by atoms with Crippen molar-refractivity contribution in [1.29, 1.82) is 0 Å². The van der Waals surface area contributed by atoms with Crippen molar-refractivity contribution in [2.75, 3.05) is 51.0 Å². The van der Waals surface area contributed by atoms with Crippen LogP contribution in [0.2, 0.25) is 0 Å². The van der Waals surface area contributed by atoms with Gasteiger partial charge in [0.05, 0.1) is 23.8 Å². The van der Waals surface area contributed by atoms with Gasteiger partial charge in [0.2, 0.25) is 0 Å². The minimum Gasteiger partial charge on any atom is -0.491 e. The smallest absolute Gasteiger partial charge is 0.390 e. The first-order valence-electron chi connectivity index (χ1n) is 12.6. The van der Waals surface area contributed by atoms with Crippen LogP contribution >= 0.6 is 0 Å². The SMILES string of the molecule is CO[C@H]1CN(C)C(=O)c2cc(NC(=O)Nc3ccccc3F)ccc2OC[C@@H](C)N(CCC(F)(F)F)C[C@H]1C. The maximum absolute atomic E-state index is 13.9. The lowest BCUT2D eigenvalue weighted by atomic mass is 10.0. The zero-order chi connectivity index (χ0) is 28.7. The van der Waals surface area contributed by atoms with E-state index in [1.165, 1.54) is 48.4 Å². The zero-order valence-corrected chi connectivity index (χ0v) is 22.3. The van der Waals surface area contributed by atoms with E-state index in [1.807, 2.05) is 6.92 Å². The van der Waals surface area contributed by atoms with Crippen molar-refractivity contribution in [1.82, 2.24) is 9.80 Å². The van der Waals surface area contributed by atoms with Crippen molar-refractivity contribution in [3.8, 4) is 5.75 Å². The standard InChI is InChI=1S/C27H34F4N4O4/c1-17-14-35(12-11-27(29,30)31)18(2)16-39-23-10-9-19(13-20(23)25(36)34(3)15-24(17)38-4)32-26(37)33-22-8-6-5-7-21(22)28/h5-10,13,17-18,24H,11-12,14-16H2,1-4H3,(H2,32,33,37)/t17-,18-,24+/m1/s1. The van der Waals surface area contributed by atoms with Crippen LogP contribution in [0.3, 0.4) is 0 Å². The summed E-state index contributed by atoms with van der Waals surface area (Å²) >= 11 is 0. The molecule has 0 spiro atoms. The van der Waals surface area contributed by atoms with E-state index < -0.39 is 36.6 Å². The second-order valence-electron chi connectivity index (χ2n) is 9.73. The number of anilines is 2. The molecule has 2 aromatic carbocycles. The zero-order valence-electron chi connectivity index (χ0n) is 22.3. The van der Waals surface area contributed by atoms with Gasteiger partial charge in [-0.15, -0.1) is 0 Å². The monoisotopic (exact) mass is 554 g/mol. The van der Waals surface area contributed by atoms with Crippen LogP contribution in [0.25, 0.3) is 0 Å². The number of hydrogen-bond acceptors (Lipinski definition) is 5. The first-order chi connectivity index (χ1) is 18.4. The number of benzene rings is 2. The first kappa shape index (κ1) is 30.2. The van der Waals surface area contributed by atoms with Gasteiger partial charge in [0, 0.05) is 45.5 Å². The molecular formula is C27H34F4N4O4. The Kier molecular flexibility index (Phi) is 10.1. The second-order valence-corrected chi connectivity index (χ2v) is 9.73. The number of para-hydroxylation sites is 1. The number of nitrogens with one attached hydrogen (secondary N) is 2. The van der Waals surface area contributed by atoms with E-state index in [1.54, 1.807) is 24.9 Å². The summed E-state index contributed by atoms with van der Waals surface area (Å²) in [6, 6.07) is 9.06. The molecule has 1 aliphatic heterocycles. The molecule has 214 valence electrons.